The third-order valence-electron chi connectivity index (χ3n) is 5.56. The number of benzene rings is 1. The van der Waals surface area contributed by atoms with E-state index >= 15 is 0 Å². The summed E-state index contributed by atoms with van der Waals surface area (Å²) in [6, 6.07) is 6.49. The molecule has 0 bridgehead atoms. The average molecular weight is 388 g/mol. The van der Waals surface area contributed by atoms with E-state index in [2.05, 4.69) is 18.3 Å². The number of hydrogen-bond donors (Lipinski definition) is 1. The number of nitrogens with zero attached hydrogens (tertiary/aromatic N) is 2. The Labute approximate surface area is 168 Å². The molecule has 1 unspecified atom stereocenters. The van der Waals surface area contributed by atoms with Crippen LogP contribution in [-0.4, -0.2) is 53.5 Å². The van der Waals surface area contributed by atoms with Crippen LogP contribution in [0.2, 0.25) is 0 Å². The van der Waals surface area contributed by atoms with Crippen molar-refractivity contribution in [3.05, 3.63) is 29.3 Å². The van der Waals surface area contributed by atoms with Crippen molar-refractivity contribution in [2.45, 2.75) is 71.5 Å². The maximum atomic E-state index is 12.6. The van der Waals surface area contributed by atoms with Crippen LogP contribution in [0.3, 0.4) is 0 Å². The number of nitrogens with one attached hydrogen (secondary N) is 1. The second-order valence-electron chi connectivity index (χ2n) is 8.25. The first-order valence-electron chi connectivity index (χ1n) is 10.5. The molecule has 3 amide bonds. The minimum Gasteiger partial charge on any atom is -0.491 e. The van der Waals surface area contributed by atoms with E-state index in [1.165, 1.54) is 6.42 Å². The maximum absolute atomic E-state index is 12.6. The average Bonchev–Trinajstić information content (AvgIpc) is 2.88. The van der Waals surface area contributed by atoms with E-state index in [9.17, 15) is 9.59 Å². The topological polar surface area (TPSA) is 61.9 Å². The molecule has 28 heavy (non-hydrogen) atoms. The van der Waals surface area contributed by atoms with E-state index in [0.717, 1.165) is 36.3 Å². The highest BCUT2D eigenvalue weighted by Crippen LogP contribution is 2.25. The monoisotopic (exact) mass is 387 g/mol. The second kappa shape index (κ2) is 9.30. The fraction of sp³-hybridized carbons (Fsp3) is 0.636. The summed E-state index contributed by atoms with van der Waals surface area (Å²) in [6.45, 7) is 8.53. The summed E-state index contributed by atoms with van der Waals surface area (Å²) in [5.41, 5.74) is 2.12. The maximum Gasteiger partial charge on any atom is 0.318 e. The van der Waals surface area contributed by atoms with E-state index in [0.29, 0.717) is 38.6 Å². The second-order valence-corrected chi connectivity index (χ2v) is 8.25. The zero-order valence-electron chi connectivity index (χ0n) is 17.4. The zero-order chi connectivity index (χ0) is 20.1. The quantitative estimate of drug-likeness (QED) is 0.862. The van der Waals surface area contributed by atoms with Crippen LogP contribution < -0.4 is 10.1 Å². The Bertz CT molecular complexity index is 704. The first-order valence-corrected chi connectivity index (χ1v) is 10.5. The van der Waals surface area contributed by atoms with Gasteiger partial charge in [0, 0.05) is 30.6 Å². The van der Waals surface area contributed by atoms with Crippen LogP contribution in [-0.2, 0) is 17.8 Å². The van der Waals surface area contributed by atoms with Crippen LogP contribution in [0.25, 0.3) is 0 Å². The summed E-state index contributed by atoms with van der Waals surface area (Å²) in [4.78, 5) is 28.8. The lowest BCUT2D eigenvalue weighted by molar-refractivity contribution is -0.134. The van der Waals surface area contributed by atoms with Crippen molar-refractivity contribution >= 4 is 11.9 Å². The lowest BCUT2D eigenvalue weighted by Crippen LogP contribution is -2.43. The van der Waals surface area contributed by atoms with Crippen molar-refractivity contribution < 1.29 is 14.3 Å². The Morgan fingerprint density at radius 2 is 2.07 bits per heavy atom. The normalized spacial score (nSPS) is 19.6. The zero-order valence-corrected chi connectivity index (χ0v) is 17.4. The molecule has 6 heteroatoms. The summed E-state index contributed by atoms with van der Waals surface area (Å²) < 4.78 is 5.83. The van der Waals surface area contributed by atoms with Crippen molar-refractivity contribution in [2.24, 2.45) is 0 Å². The van der Waals surface area contributed by atoms with Gasteiger partial charge in [0.1, 0.15) is 12.4 Å². The molecule has 0 spiro atoms. The highest BCUT2D eigenvalue weighted by Gasteiger charge is 2.23. The van der Waals surface area contributed by atoms with Gasteiger partial charge < -0.3 is 19.9 Å². The number of piperidine rings is 1. The minimum absolute atomic E-state index is 0.0638. The van der Waals surface area contributed by atoms with Crippen LogP contribution in [0.15, 0.2) is 18.2 Å². The van der Waals surface area contributed by atoms with Crippen LogP contribution in [0, 0.1) is 0 Å². The summed E-state index contributed by atoms with van der Waals surface area (Å²) >= 11 is 0. The molecule has 0 radical (unpaired) electrons. The lowest BCUT2D eigenvalue weighted by Gasteiger charge is -2.33. The van der Waals surface area contributed by atoms with Crippen molar-refractivity contribution in [3.8, 4) is 5.75 Å². The molecule has 1 N–H and O–H groups in total. The lowest BCUT2D eigenvalue weighted by atomic mass is 10.0. The van der Waals surface area contributed by atoms with Gasteiger partial charge in [-0.1, -0.05) is 12.1 Å². The van der Waals surface area contributed by atoms with Gasteiger partial charge in [-0.3, -0.25) is 4.79 Å². The number of carbonyl (C=O) groups is 2. The molecule has 1 atom stereocenters. The van der Waals surface area contributed by atoms with E-state index in [4.69, 9.17) is 4.74 Å². The Kier molecular flexibility index (Phi) is 6.81. The van der Waals surface area contributed by atoms with E-state index in [-0.39, 0.29) is 18.0 Å². The van der Waals surface area contributed by atoms with Gasteiger partial charge in [0.2, 0.25) is 5.91 Å². The van der Waals surface area contributed by atoms with Gasteiger partial charge >= 0.3 is 6.03 Å². The Morgan fingerprint density at radius 3 is 2.82 bits per heavy atom. The molecule has 1 saturated heterocycles. The molecule has 0 aliphatic carbocycles. The number of ether oxygens (including phenoxy) is 1. The molecule has 3 rings (SSSR count). The SMILES string of the molecule is CC(C)NC(=O)N1CCOc2ccc(CCC(=O)N3CCCCC3C)cc2C1. The molecule has 2 aliphatic rings. The molecular formula is C22H33N3O3. The van der Waals surface area contributed by atoms with Crippen molar-refractivity contribution in [1.82, 2.24) is 15.1 Å². The molecular weight excluding hydrogens is 354 g/mol. The third-order valence-corrected chi connectivity index (χ3v) is 5.56. The van der Waals surface area contributed by atoms with Crippen LogP contribution >= 0.6 is 0 Å². The Morgan fingerprint density at radius 1 is 1.25 bits per heavy atom. The fourth-order valence-corrected chi connectivity index (χ4v) is 3.98. The highest BCUT2D eigenvalue weighted by molar-refractivity contribution is 5.77. The number of carbonyl (C=O) groups excluding carboxylic acids is 2. The van der Waals surface area contributed by atoms with Gasteiger partial charge in [-0.2, -0.15) is 0 Å². The van der Waals surface area contributed by atoms with Gasteiger partial charge in [0.25, 0.3) is 0 Å². The summed E-state index contributed by atoms with van der Waals surface area (Å²) in [6.07, 6.45) is 4.68. The standard InChI is InChI=1S/C22H33N3O3/c1-16(2)23-22(27)24-12-13-28-20-9-7-18(14-19(20)15-24)8-10-21(26)25-11-5-4-6-17(25)3/h7,9,14,16-17H,4-6,8,10-13,15H2,1-3H3,(H,23,27). The number of hydrogen-bond acceptors (Lipinski definition) is 3. The molecule has 0 aromatic heterocycles. The predicted molar refractivity (Wildman–Crippen MR) is 109 cm³/mol. The molecule has 0 saturated carbocycles. The molecule has 1 aromatic rings. The summed E-state index contributed by atoms with van der Waals surface area (Å²) in [7, 11) is 0. The van der Waals surface area contributed by atoms with Gasteiger partial charge in [-0.15, -0.1) is 0 Å². The van der Waals surface area contributed by atoms with E-state index in [1.54, 1.807) is 4.90 Å². The van der Waals surface area contributed by atoms with Gasteiger partial charge in [-0.25, -0.2) is 4.79 Å². The molecule has 1 aromatic carbocycles. The van der Waals surface area contributed by atoms with Gasteiger partial charge in [0.15, 0.2) is 0 Å². The van der Waals surface area contributed by atoms with Gasteiger partial charge in [0.05, 0.1) is 13.1 Å². The van der Waals surface area contributed by atoms with Crippen molar-refractivity contribution in [1.29, 1.82) is 0 Å². The molecule has 6 nitrogen and oxygen atoms in total. The molecule has 1 fully saturated rings. The highest BCUT2D eigenvalue weighted by atomic mass is 16.5. The van der Waals surface area contributed by atoms with Crippen LogP contribution in [0.1, 0.15) is 57.6 Å². The van der Waals surface area contributed by atoms with Crippen molar-refractivity contribution in [3.63, 3.8) is 0 Å². The number of fused-ring (bicyclic) bond motifs is 1. The number of aryl methyl sites for hydroxylation is 1. The fourth-order valence-electron chi connectivity index (χ4n) is 3.98. The third kappa shape index (κ3) is 5.18. The van der Waals surface area contributed by atoms with Crippen molar-refractivity contribution in [2.75, 3.05) is 19.7 Å². The largest absolute Gasteiger partial charge is 0.491 e. The first kappa shape index (κ1) is 20.5. The first-order chi connectivity index (χ1) is 13.4. The molecule has 2 heterocycles. The number of amides is 3. The molecule has 2 aliphatic heterocycles. The summed E-state index contributed by atoms with van der Waals surface area (Å²) in [5.74, 6) is 1.08. The summed E-state index contributed by atoms with van der Waals surface area (Å²) in [5, 5.41) is 2.95. The molecule has 154 valence electrons. The minimum atomic E-state index is -0.0638. The number of likely N-dealkylation sites (tertiary alicyclic amines) is 1. The number of urea groups is 1. The van der Waals surface area contributed by atoms with Crippen LogP contribution in [0.5, 0.6) is 5.75 Å². The van der Waals surface area contributed by atoms with E-state index < -0.39 is 0 Å². The van der Waals surface area contributed by atoms with E-state index in [1.807, 2.05) is 30.9 Å². The predicted octanol–water partition coefficient (Wildman–Crippen LogP) is 3.33. The Hall–Kier alpha value is -2.24. The van der Waals surface area contributed by atoms with Crippen LogP contribution in [0.4, 0.5) is 4.79 Å². The smallest absolute Gasteiger partial charge is 0.318 e. The Balaban J connectivity index is 1.63. The number of rotatable bonds is 4. The van der Waals surface area contributed by atoms with Gasteiger partial charge in [-0.05, 0) is 58.1 Å².